The second-order valence-electron chi connectivity index (χ2n) is 6.19. The fraction of sp³-hybridized carbons (Fsp3) is 0.643. The Morgan fingerprint density at radius 2 is 2.10 bits per heavy atom. The predicted molar refractivity (Wildman–Crippen MR) is 72.9 cm³/mol. The van der Waals surface area contributed by atoms with Crippen molar-refractivity contribution in [1.82, 2.24) is 15.1 Å². The molecule has 20 heavy (non-hydrogen) atoms. The molecule has 0 bridgehead atoms. The molecule has 0 spiro atoms. The SMILES string of the molecule is CC(C)n1nccc1CNC(=O)[C@@H]1[C@H](C(=O)O)C1(C)C. The molecule has 1 aromatic heterocycles. The lowest BCUT2D eigenvalue weighted by atomic mass is 10.1. The van der Waals surface area contributed by atoms with Crippen LogP contribution in [0.3, 0.4) is 0 Å². The van der Waals surface area contributed by atoms with Crippen molar-refractivity contribution < 1.29 is 14.7 Å². The molecule has 0 unspecified atom stereocenters. The third-order valence-electron chi connectivity index (χ3n) is 4.06. The van der Waals surface area contributed by atoms with Gasteiger partial charge in [0.2, 0.25) is 5.91 Å². The van der Waals surface area contributed by atoms with E-state index in [0.717, 1.165) is 5.69 Å². The van der Waals surface area contributed by atoms with E-state index in [-0.39, 0.29) is 11.9 Å². The fourth-order valence-electron chi connectivity index (χ4n) is 2.82. The first kappa shape index (κ1) is 14.6. The zero-order valence-electron chi connectivity index (χ0n) is 12.3. The Hall–Kier alpha value is -1.85. The number of nitrogens with one attached hydrogen (secondary N) is 1. The highest BCUT2D eigenvalue weighted by Crippen LogP contribution is 2.58. The summed E-state index contributed by atoms with van der Waals surface area (Å²) in [7, 11) is 0. The molecule has 0 radical (unpaired) electrons. The maximum Gasteiger partial charge on any atom is 0.307 e. The molecule has 110 valence electrons. The second-order valence-corrected chi connectivity index (χ2v) is 6.19. The largest absolute Gasteiger partial charge is 0.481 e. The molecular formula is C14H21N3O3. The van der Waals surface area contributed by atoms with Gasteiger partial charge >= 0.3 is 5.97 Å². The molecule has 0 saturated heterocycles. The molecule has 1 amide bonds. The monoisotopic (exact) mass is 279 g/mol. The highest BCUT2D eigenvalue weighted by molar-refractivity contribution is 5.91. The van der Waals surface area contributed by atoms with E-state index in [0.29, 0.717) is 6.54 Å². The van der Waals surface area contributed by atoms with Gasteiger partial charge in [-0.1, -0.05) is 13.8 Å². The highest BCUT2D eigenvalue weighted by atomic mass is 16.4. The normalized spacial score (nSPS) is 23.6. The Morgan fingerprint density at radius 3 is 2.60 bits per heavy atom. The van der Waals surface area contributed by atoms with Gasteiger partial charge in [0.05, 0.1) is 24.1 Å². The number of carbonyl (C=O) groups is 2. The van der Waals surface area contributed by atoms with E-state index in [1.165, 1.54) is 0 Å². The quantitative estimate of drug-likeness (QED) is 0.854. The van der Waals surface area contributed by atoms with Crippen molar-refractivity contribution in [3.8, 4) is 0 Å². The number of aromatic nitrogens is 2. The molecule has 1 aromatic rings. The van der Waals surface area contributed by atoms with E-state index in [1.54, 1.807) is 6.20 Å². The number of hydrogen-bond donors (Lipinski definition) is 2. The van der Waals surface area contributed by atoms with Crippen molar-refractivity contribution in [2.75, 3.05) is 0 Å². The lowest BCUT2D eigenvalue weighted by Crippen LogP contribution is -2.28. The van der Waals surface area contributed by atoms with Crippen LogP contribution in [-0.4, -0.2) is 26.8 Å². The first-order chi connectivity index (χ1) is 9.26. The van der Waals surface area contributed by atoms with Crippen LogP contribution in [0, 0.1) is 17.3 Å². The summed E-state index contributed by atoms with van der Waals surface area (Å²) < 4.78 is 1.84. The molecular weight excluding hydrogens is 258 g/mol. The van der Waals surface area contributed by atoms with Crippen molar-refractivity contribution in [3.05, 3.63) is 18.0 Å². The van der Waals surface area contributed by atoms with Crippen LogP contribution < -0.4 is 5.32 Å². The van der Waals surface area contributed by atoms with Crippen LogP contribution >= 0.6 is 0 Å². The average molecular weight is 279 g/mol. The molecule has 1 aliphatic carbocycles. The van der Waals surface area contributed by atoms with Crippen LogP contribution in [0.15, 0.2) is 12.3 Å². The Morgan fingerprint density at radius 1 is 1.45 bits per heavy atom. The molecule has 1 fully saturated rings. The van der Waals surface area contributed by atoms with Gasteiger partial charge in [-0.05, 0) is 25.3 Å². The van der Waals surface area contributed by atoms with E-state index < -0.39 is 23.2 Å². The summed E-state index contributed by atoms with van der Waals surface area (Å²) in [6.07, 6.45) is 1.70. The van der Waals surface area contributed by atoms with Gasteiger partial charge < -0.3 is 10.4 Å². The number of amides is 1. The Kier molecular flexibility index (Phi) is 3.58. The molecule has 6 nitrogen and oxygen atoms in total. The van der Waals surface area contributed by atoms with Crippen LogP contribution in [0.1, 0.15) is 39.4 Å². The summed E-state index contributed by atoms with van der Waals surface area (Å²) in [5.41, 5.74) is 0.451. The standard InChI is InChI=1S/C14H21N3O3/c1-8(2)17-9(5-6-16-17)7-15-12(18)10-11(13(19)20)14(10,3)4/h5-6,8,10-11H,7H2,1-4H3,(H,15,18)(H,19,20)/t10-,11+/m0/s1. The van der Waals surface area contributed by atoms with Crippen LogP contribution in [0.25, 0.3) is 0 Å². The molecule has 1 saturated carbocycles. The zero-order chi connectivity index (χ0) is 15.1. The lowest BCUT2D eigenvalue weighted by molar-refractivity contribution is -0.140. The maximum absolute atomic E-state index is 12.1. The van der Waals surface area contributed by atoms with Gasteiger partial charge in [0.1, 0.15) is 0 Å². The topological polar surface area (TPSA) is 84.2 Å². The van der Waals surface area contributed by atoms with Crippen molar-refractivity contribution in [1.29, 1.82) is 0 Å². The Labute approximate surface area is 118 Å². The molecule has 6 heteroatoms. The van der Waals surface area contributed by atoms with E-state index >= 15 is 0 Å². The van der Waals surface area contributed by atoms with Gasteiger partial charge in [-0.2, -0.15) is 5.10 Å². The van der Waals surface area contributed by atoms with Crippen LogP contribution in [0.2, 0.25) is 0 Å². The molecule has 2 rings (SSSR count). The number of carboxylic acid groups (broad SMARTS) is 1. The number of carboxylic acids is 1. The lowest BCUT2D eigenvalue weighted by Gasteiger charge is -2.12. The summed E-state index contributed by atoms with van der Waals surface area (Å²) in [4.78, 5) is 23.2. The Balaban J connectivity index is 1.97. The van der Waals surface area contributed by atoms with Crippen molar-refractivity contribution >= 4 is 11.9 Å². The molecule has 1 heterocycles. The average Bonchev–Trinajstić information content (AvgIpc) is 2.73. The van der Waals surface area contributed by atoms with Crippen molar-refractivity contribution in [2.45, 2.75) is 40.3 Å². The smallest absolute Gasteiger partial charge is 0.307 e. The zero-order valence-corrected chi connectivity index (χ0v) is 12.3. The minimum Gasteiger partial charge on any atom is -0.481 e. The summed E-state index contributed by atoms with van der Waals surface area (Å²) in [5, 5.41) is 16.1. The number of nitrogens with zero attached hydrogens (tertiary/aromatic N) is 2. The molecule has 1 aliphatic rings. The summed E-state index contributed by atoms with van der Waals surface area (Å²) >= 11 is 0. The van der Waals surface area contributed by atoms with E-state index in [1.807, 2.05) is 38.4 Å². The van der Waals surface area contributed by atoms with Crippen molar-refractivity contribution in [2.24, 2.45) is 17.3 Å². The summed E-state index contributed by atoms with van der Waals surface area (Å²) in [6, 6.07) is 2.08. The van der Waals surface area contributed by atoms with Gasteiger partial charge in [-0.15, -0.1) is 0 Å². The third kappa shape index (κ3) is 2.42. The van der Waals surface area contributed by atoms with Gasteiger partial charge in [0, 0.05) is 12.2 Å². The van der Waals surface area contributed by atoms with Crippen LogP contribution in [0.4, 0.5) is 0 Å². The van der Waals surface area contributed by atoms with Crippen LogP contribution in [0.5, 0.6) is 0 Å². The first-order valence-electron chi connectivity index (χ1n) is 6.79. The van der Waals surface area contributed by atoms with Crippen LogP contribution in [-0.2, 0) is 16.1 Å². The van der Waals surface area contributed by atoms with Gasteiger partial charge in [0.25, 0.3) is 0 Å². The Bertz CT molecular complexity index is 534. The van der Waals surface area contributed by atoms with E-state index in [2.05, 4.69) is 10.4 Å². The third-order valence-corrected chi connectivity index (χ3v) is 4.06. The molecule has 0 aromatic carbocycles. The van der Waals surface area contributed by atoms with Gasteiger partial charge in [0.15, 0.2) is 0 Å². The minimum absolute atomic E-state index is 0.195. The number of rotatable bonds is 5. The predicted octanol–water partition coefficient (Wildman–Crippen LogP) is 1.44. The number of aliphatic carboxylic acids is 1. The molecule has 0 aliphatic heterocycles. The van der Waals surface area contributed by atoms with E-state index in [4.69, 9.17) is 5.11 Å². The van der Waals surface area contributed by atoms with Crippen molar-refractivity contribution in [3.63, 3.8) is 0 Å². The second kappa shape index (κ2) is 4.92. The minimum atomic E-state index is -0.901. The molecule has 2 N–H and O–H groups in total. The highest BCUT2D eigenvalue weighted by Gasteiger charge is 2.65. The summed E-state index contributed by atoms with van der Waals surface area (Å²) in [6.45, 7) is 8.03. The van der Waals surface area contributed by atoms with E-state index in [9.17, 15) is 9.59 Å². The maximum atomic E-state index is 12.1. The molecule has 2 atom stereocenters. The van der Waals surface area contributed by atoms with Gasteiger partial charge in [-0.25, -0.2) is 0 Å². The first-order valence-corrected chi connectivity index (χ1v) is 6.79. The summed E-state index contributed by atoms with van der Waals surface area (Å²) in [5.74, 6) is -2.13. The fourth-order valence-corrected chi connectivity index (χ4v) is 2.82. The van der Waals surface area contributed by atoms with Gasteiger partial charge in [-0.3, -0.25) is 14.3 Å². The number of hydrogen-bond acceptors (Lipinski definition) is 3. The number of carbonyl (C=O) groups excluding carboxylic acids is 1.